The van der Waals surface area contributed by atoms with Crippen molar-refractivity contribution in [2.24, 2.45) is 5.92 Å². The third-order valence-corrected chi connectivity index (χ3v) is 3.09. The number of rotatable bonds is 7. The van der Waals surface area contributed by atoms with Crippen molar-refractivity contribution in [3.63, 3.8) is 0 Å². The fourth-order valence-corrected chi connectivity index (χ4v) is 2.11. The Morgan fingerprint density at radius 2 is 1.68 bits per heavy atom. The van der Waals surface area contributed by atoms with Crippen LogP contribution in [0, 0.1) is 5.92 Å². The molecule has 0 fully saturated rings. The van der Waals surface area contributed by atoms with Gasteiger partial charge >= 0.3 is 12.2 Å². The van der Waals surface area contributed by atoms with Gasteiger partial charge in [0.1, 0.15) is 12.2 Å². The molecule has 0 spiro atoms. The highest BCUT2D eigenvalue weighted by Crippen LogP contribution is 2.07. The zero-order valence-corrected chi connectivity index (χ0v) is 17.1. The SMILES string of the molecule is CC(C)CN(CC(=O)NNC(=O)OCc1ccccc1)NC(=O)OC(C)(C)C. The molecule has 0 aliphatic rings. The van der Waals surface area contributed by atoms with Gasteiger partial charge in [-0.3, -0.25) is 15.6 Å². The van der Waals surface area contributed by atoms with Crippen molar-refractivity contribution >= 4 is 18.1 Å². The van der Waals surface area contributed by atoms with E-state index in [-0.39, 0.29) is 19.1 Å². The lowest BCUT2D eigenvalue weighted by Gasteiger charge is -2.26. The van der Waals surface area contributed by atoms with Crippen LogP contribution in [-0.4, -0.2) is 41.8 Å². The van der Waals surface area contributed by atoms with Crippen LogP contribution in [0.25, 0.3) is 0 Å². The number of carbonyl (C=O) groups is 3. The Kier molecular flexibility index (Phi) is 9.23. The van der Waals surface area contributed by atoms with Gasteiger partial charge in [0.25, 0.3) is 5.91 Å². The molecule has 28 heavy (non-hydrogen) atoms. The van der Waals surface area contributed by atoms with Gasteiger partial charge < -0.3 is 9.47 Å². The Bertz CT molecular complexity index is 643. The standard InChI is InChI=1S/C19H30N4O5/c1-14(2)11-23(22-18(26)28-19(3,4)5)12-16(24)20-21-17(25)27-13-15-9-7-6-8-10-15/h6-10,14H,11-13H2,1-5H3,(H,20,24)(H,21,25)(H,22,26). The summed E-state index contributed by atoms with van der Waals surface area (Å²) in [4.78, 5) is 35.7. The average Bonchev–Trinajstić information content (AvgIpc) is 2.56. The Balaban J connectivity index is 2.42. The minimum absolute atomic E-state index is 0.0855. The molecule has 0 radical (unpaired) electrons. The Morgan fingerprint density at radius 3 is 2.25 bits per heavy atom. The van der Waals surface area contributed by atoms with Crippen molar-refractivity contribution in [1.29, 1.82) is 0 Å². The zero-order valence-electron chi connectivity index (χ0n) is 17.1. The van der Waals surface area contributed by atoms with Crippen molar-refractivity contribution in [2.45, 2.75) is 46.8 Å². The van der Waals surface area contributed by atoms with E-state index in [1.807, 2.05) is 44.2 Å². The van der Waals surface area contributed by atoms with Gasteiger partial charge in [0, 0.05) is 6.54 Å². The van der Waals surface area contributed by atoms with Gasteiger partial charge in [-0.05, 0) is 32.3 Å². The maximum Gasteiger partial charge on any atom is 0.426 e. The molecule has 0 aromatic heterocycles. The smallest absolute Gasteiger partial charge is 0.426 e. The number of nitrogens with zero attached hydrogens (tertiary/aromatic N) is 1. The normalized spacial score (nSPS) is 11.1. The monoisotopic (exact) mass is 394 g/mol. The number of benzene rings is 1. The summed E-state index contributed by atoms with van der Waals surface area (Å²) in [5.74, 6) is -0.333. The van der Waals surface area contributed by atoms with Gasteiger partial charge in [-0.1, -0.05) is 44.2 Å². The number of hydrogen-bond acceptors (Lipinski definition) is 6. The summed E-state index contributed by atoms with van der Waals surface area (Å²) in [5.41, 5.74) is 7.13. The van der Waals surface area contributed by atoms with Gasteiger partial charge in [0.2, 0.25) is 0 Å². The third-order valence-electron chi connectivity index (χ3n) is 3.09. The molecule has 9 heteroatoms. The van der Waals surface area contributed by atoms with E-state index in [2.05, 4.69) is 16.3 Å². The molecular weight excluding hydrogens is 364 g/mol. The van der Waals surface area contributed by atoms with Crippen LogP contribution >= 0.6 is 0 Å². The average molecular weight is 394 g/mol. The van der Waals surface area contributed by atoms with E-state index in [1.54, 1.807) is 20.8 Å². The first-order chi connectivity index (χ1) is 13.0. The number of amides is 3. The van der Waals surface area contributed by atoms with E-state index >= 15 is 0 Å². The van der Waals surface area contributed by atoms with E-state index in [0.717, 1.165) is 5.56 Å². The minimum Gasteiger partial charge on any atom is -0.443 e. The molecule has 1 aromatic rings. The molecule has 1 aromatic carbocycles. The summed E-state index contributed by atoms with van der Waals surface area (Å²) in [6.07, 6.45) is -1.44. The lowest BCUT2D eigenvalue weighted by molar-refractivity contribution is -0.123. The fraction of sp³-hybridized carbons (Fsp3) is 0.526. The predicted molar refractivity (Wildman–Crippen MR) is 104 cm³/mol. The topological polar surface area (TPSA) is 109 Å². The second-order valence-electron chi connectivity index (χ2n) is 7.62. The molecule has 0 saturated heterocycles. The van der Waals surface area contributed by atoms with Crippen LogP contribution in [0.15, 0.2) is 30.3 Å². The van der Waals surface area contributed by atoms with Crippen molar-refractivity contribution in [1.82, 2.24) is 21.3 Å². The third kappa shape index (κ3) is 11.0. The van der Waals surface area contributed by atoms with Gasteiger partial charge in [-0.25, -0.2) is 20.0 Å². The van der Waals surface area contributed by atoms with Crippen LogP contribution < -0.4 is 16.3 Å². The summed E-state index contributed by atoms with van der Waals surface area (Å²) >= 11 is 0. The molecule has 0 atom stereocenters. The van der Waals surface area contributed by atoms with Gasteiger partial charge in [-0.15, -0.1) is 0 Å². The fourth-order valence-electron chi connectivity index (χ4n) is 2.11. The molecular formula is C19H30N4O5. The lowest BCUT2D eigenvalue weighted by atomic mass is 10.2. The summed E-state index contributed by atoms with van der Waals surface area (Å²) in [7, 11) is 0. The number of nitrogens with one attached hydrogen (secondary N) is 3. The molecule has 0 bridgehead atoms. The maximum atomic E-state index is 12.1. The minimum atomic E-state index is -0.785. The summed E-state index contributed by atoms with van der Waals surface area (Å²) in [5, 5.41) is 1.42. The number of hydrazine groups is 2. The van der Waals surface area contributed by atoms with E-state index < -0.39 is 23.7 Å². The van der Waals surface area contributed by atoms with Crippen LogP contribution in [0.3, 0.4) is 0 Å². The molecule has 0 aliphatic heterocycles. The highest BCUT2D eigenvalue weighted by molar-refractivity contribution is 5.81. The molecule has 3 N–H and O–H groups in total. The number of ether oxygens (including phenoxy) is 2. The summed E-state index contributed by atoms with van der Waals surface area (Å²) in [6.45, 7) is 9.47. The first-order valence-electron chi connectivity index (χ1n) is 9.05. The van der Waals surface area contributed by atoms with Gasteiger partial charge in [-0.2, -0.15) is 0 Å². The number of carbonyl (C=O) groups excluding carboxylic acids is 3. The van der Waals surface area contributed by atoms with E-state index in [4.69, 9.17) is 9.47 Å². The van der Waals surface area contributed by atoms with Crippen LogP contribution in [0.2, 0.25) is 0 Å². The maximum absolute atomic E-state index is 12.1. The second-order valence-corrected chi connectivity index (χ2v) is 7.62. The molecule has 3 amide bonds. The molecule has 0 heterocycles. The Labute approximate surface area is 165 Å². The van der Waals surface area contributed by atoms with Crippen LogP contribution in [0.1, 0.15) is 40.2 Å². The van der Waals surface area contributed by atoms with Crippen LogP contribution in [0.4, 0.5) is 9.59 Å². The first-order valence-corrected chi connectivity index (χ1v) is 9.05. The van der Waals surface area contributed by atoms with Gasteiger partial charge in [0.15, 0.2) is 0 Å². The van der Waals surface area contributed by atoms with E-state index in [1.165, 1.54) is 5.01 Å². The van der Waals surface area contributed by atoms with Gasteiger partial charge in [0.05, 0.1) is 6.54 Å². The molecule has 0 unspecified atom stereocenters. The summed E-state index contributed by atoms with van der Waals surface area (Å²) in [6, 6.07) is 9.16. The highest BCUT2D eigenvalue weighted by Gasteiger charge is 2.20. The summed E-state index contributed by atoms with van der Waals surface area (Å²) < 4.78 is 10.2. The van der Waals surface area contributed by atoms with Crippen molar-refractivity contribution in [3.8, 4) is 0 Å². The Morgan fingerprint density at radius 1 is 1.04 bits per heavy atom. The largest absolute Gasteiger partial charge is 0.443 e. The lowest BCUT2D eigenvalue weighted by Crippen LogP contribution is -2.52. The van der Waals surface area contributed by atoms with Crippen molar-refractivity contribution < 1.29 is 23.9 Å². The van der Waals surface area contributed by atoms with E-state index in [0.29, 0.717) is 6.54 Å². The van der Waals surface area contributed by atoms with Crippen molar-refractivity contribution in [3.05, 3.63) is 35.9 Å². The van der Waals surface area contributed by atoms with Crippen LogP contribution in [0.5, 0.6) is 0 Å². The number of hydrogen-bond donors (Lipinski definition) is 3. The highest BCUT2D eigenvalue weighted by atomic mass is 16.6. The Hall–Kier alpha value is -2.81. The van der Waals surface area contributed by atoms with Crippen molar-refractivity contribution in [2.75, 3.05) is 13.1 Å². The molecule has 1 rings (SSSR count). The molecule has 0 aliphatic carbocycles. The molecule has 156 valence electrons. The second kappa shape index (κ2) is 11.1. The molecule has 0 saturated carbocycles. The first kappa shape index (κ1) is 23.2. The van der Waals surface area contributed by atoms with Crippen LogP contribution in [-0.2, 0) is 20.9 Å². The quantitative estimate of drug-likeness (QED) is 0.613. The predicted octanol–water partition coefficient (Wildman–Crippen LogP) is 2.34. The van der Waals surface area contributed by atoms with E-state index in [9.17, 15) is 14.4 Å². The zero-order chi connectivity index (χ0) is 21.2. The molecule has 9 nitrogen and oxygen atoms in total.